The fourth-order valence-electron chi connectivity index (χ4n) is 1.14. The van der Waals surface area contributed by atoms with Gasteiger partial charge in [-0.25, -0.2) is 0 Å². The first-order valence-corrected chi connectivity index (χ1v) is 4.33. The van der Waals surface area contributed by atoms with Crippen LogP contribution in [-0.2, 0) is 16.0 Å². The topological polar surface area (TPSA) is 50.1 Å². The molecule has 0 fully saturated rings. The minimum Gasteiger partial charge on any atom is -0.447 e. The monoisotopic (exact) mass is 189 g/mol. The average molecular weight is 189 g/mol. The summed E-state index contributed by atoms with van der Waals surface area (Å²) in [7, 11) is 0. The highest BCUT2D eigenvalue weighted by Gasteiger charge is 2.10. The van der Waals surface area contributed by atoms with E-state index in [1.54, 1.807) is 0 Å². The molecule has 0 aliphatic heterocycles. The molecule has 0 radical (unpaired) electrons. The molecule has 0 spiro atoms. The van der Waals surface area contributed by atoms with Gasteiger partial charge in [-0.15, -0.1) is 0 Å². The Morgan fingerprint density at radius 2 is 2.14 bits per heavy atom. The molecule has 0 amide bonds. The van der Waals surface area contributed by atoms with Gasteiger partial charge in [-0.1, -0.05) is 30.3 Å². The number of nitrogens with zero attached hydrogens (tertiary/aromatic N) is 1. The maximum Gasteiger partial charge on any atom is 0.303 e. The fourth-order valence-corrected chi connectivity index (χ4v) is 1.14. The van der Waals surface area contributed by atoms with Crippen molar-refractivity contribution < 1.29 is 9.53 Å². The summed E-state index contributed by atoms with van der Waals surface area (Å²) in [6.07, 6.45) is -0.244. The largest absolute Gasteiger partial charge is 0.447 e. The van der Waals surface area contributed by atoms with Crippen molar-refractivity contribution in [1.82, 2.24) is 0 Å². The van der Waals surface area contributed by atoms with Crippen LogP contribution >= 0.6 is 0 Å². The summed E-state index contributed by atoms with van der Waals surface area (Å²) >= 11 is 0. The van der Waals surface area contributed by atoms with E-state index in [0.29, 0.717) is 6.42 Å². The van der Waals surface area contributed by atoms with Crippen molar-refractivity contribution in [1.29, 1.82) is 5.26 Å². The molecule has 0 aliphatic carbocycles. The fraction of sp³-hybridized carbons (Fsp3) is 0.273. The van der Waals surface area contributed by atoms with E-state index in [4.69, 9.17) is 10.00 Å². The maximum atomic E-state index is 10.6. The molecule has 1 aromatic carbocycles. The molecule has 0 heterocycles. The summed E-state index contributed by atoms with van der Waals surface area (Å²) in [6.45, 7) is 1.30. The summed E-state index contributed by atoms with van der Waals surface area (Å²) < 4.78 is 4.80. The molecule has 1 atom stereocenters. The van der Waals surface area contributed by atoms with Gasteiger partial charge in [0.2, 0.25) is 0 Å². The molecule has 1 aromatic rings. The predicted octanol–water partition coefficient (Wildman–Crippen LogP) is 1.68. The molecular formula is C11H11NO2. The minimum atomic E-state index is -0.685. The molecule has 1 unspecified atom stereocenters. The van der Waals surface area contributed by atoms with Crippen molar-refractivity contribution in [2.45, 2.75) is 19.4 Å². The van der Waals surface area contributed by atoms with Gasteiger partial charge in [0.25, 0.3) is 0 Å². The van der Waals surface area contributed by atoms with Crippen molar-refractivity contribution in [3.8, 4) is 6.07 Å². The maximum absolute atomic E-state index is 10.6. The lowest BCUT2D eigenvalue weighted by Gasteiger charge is -2.08. The molecule has 3 heteroatoms. The first-order chi connectivity index (χ1) is 6.72. The van der Waals surface area contributed by atoms with Crippen LogP contribution in [0, 0.1) is 11.3 Å². The second-order valence-corrected chi connectivity index (χ2v) is 2.92. The predicted molar refractivity (Wildman–Crippen MR) is 51.3 cm³/mol. The van der Waals surface area contributed by atoms with Crippen molar-refractivity contribution in [3.63, 3.8) is 0 Å². The summed E-state index contributed by atoms with van der Waals surface area (Å²) in [5.41, 5.74) is 0.986. The molecule has 0 aromatic heterocycles. The number of carbonyl (C=O) groups excluding carboxylic acids is 1. The number of carbonyl (C=O) groups is 1. The van der Waals surface area contributed by atoms with Gasteiger partial charge < -0.3 is 4.74 Å². The molecule has 3 nitrogen and oxygen atoms in total. The van der Waals surface area contributed by atoms with E-state index in [1.165, 1.54) is 6.92 Å². The van der Waals surface area contributed by atoms with Crippen molar-refractivity contribution in [3.05, 3.63) is 35.9 Å². The zero-order valence-corrected chi connectivity index (χ0v) is 7.93. The smallest absolute Gasteiger partial charge is 0.303 e. The van der Waals surface area contributed by atoms with E-state index in [9.17, 15) is 4.79 Å². The van der Waals surface area contributed by atoms with E-state index in [1.807, 2.05) is 36.4 Å². The van der Waals surface area contributed by atoms with Crippen LogP contribution in [-0.4, -0.2) is 12.1 Å². The zero-order valence-electron chi connectivity index (χ0n) is 7.93. The van der Waals surface area contributed by atoms with E-state index < -0.39 is 12.1 Å². The SMILES string of the molecule is CC(=O)OC(C#N)Cc1ccccc1. The lowest BCUT2D eigenvalue weighted by Crippen LogP contribution is -2.16. The summed E-state index contributed by atoms with van der Waals surface area (Å²) in [5.74, 6) is -0.424. The molecule has 0 N–H and O–H groups in total. The van der Waals surface area contributed by atoms with Crippen LogP contribution in [0.2, 0.25) is 0 Å². The molecular weight excluding hydrogens is 178 g/mol. The Hall–Kier alpha value is -1.82. The Bertz CT molecular complexity index is 340. The summed E-state index contributed by atoms with van der Waals surface area (Å²) in [4.78, 5) is 10.6. The Balaban J connectivity index is 2.58. The highest BCUT2D eigenvalue weighted by molar-refractivity contribution is 5.66. The Morgan fingerprint density at radius 3 is 2.64 bits per heavy atom. The highest BCUT2D eigenvalue weighted by Crippen LogP contribution is 2.05. The molecule has 0 saturated heterocycles. The van der Waals surface area contributed by atoms with Crippen LogP contribution in [0.1, 0.15) is 12.5 Å². The molecule has 0 bridgehead atoms. The second-order valence-electron chi connectivity index (χ2n) is 2.92. The quantitative estimate of drug-likeness (QED) is 0.680. The number of benzene rings is 1. The van der Waals surface area contributed by atoms with Gasteiger partial charge in [-0.3, -0.25) is 4.79 Å². The molecule has 1 rings (SSSR count). The first kappa shape index (κ1) is 10.3. The number of hydrogen-bond donors (Lipinski definition) is 0. The Morgan fingerprint density at radius 1 is 1.50 bits per heavy atom. The van der Waals surface area contributed by atoms with Crippen LogP contribution in [0.3, 0.4) is 0 Å². The van der Waals surface area contributed by atoms with Crippen molar-refractivity contribution in [2.75, 3.05) is 0 Å². The summed E-state index contributed by atoms with van der Waals surface area (Å²) in [6, 6.07) is 11.4. The van der Waals surface area contributed by atoms with Gasteiger partial charge in [0, 0.05) is 13.3 Å². The van der Waals surface area contributed by atoms with Gasteiger partial charge in [0.05, 0.1) is 0 Å². The molecule has 0 saturated carbocycles. The van der Waals surface area contributed by atoms with Crippen LogP contribution < -0.4 is 0 Å². The average Bonchev–Trinajstić information content (AvgIpc) is 2.17. The van der Waals surface area contributed by atoms with Crippen LogP contribution in [0.4, 0.5) is 0 Å². The third-order valence-corrected chi connectivity index (χ3v) is 1.72. The third-order valence-electron chi connectivity index (χ3n) is 1.72. The van der Waals surface area contributed by atoms with Crippen molar-refractivity contribution in [2.24, 2.45) is 0 Å². The van der Waals surface area contributed by atoms with E-state index in [-0.39, 0.29) is 0 Å². The number of rotatable bonds is 3. The van der Waals surface area contributed by atoms with Crippen LogP contribution in [0.15, 0.2) is 30.3 Å². The first-order valence-electron chi connectivity index (χ1n) is 4.33. The van der Waals surface area contributed by atoms with E-state index >= 15 is 0 Å². The van der Waals surface area contributed by atoms with Crippen LogP contribution in [0.5, 0.6) is 0 Å². The molecule has 72 valence electrons. The van der Waals surface area contributed by atoms with Gasteiger partial charge in [0.1, 0.15) is 6.07 Å². The minimum absolute atomic E-state index is 0.424. The third kappa shape index (κ3) is 3.28. The molecule has 0 aliphatic rings. The second kappa shape index (κ2) is 5.03. The Kier molecular flexibility index (Phi) is 3.69. The number of esters is 1. The van der Waals surface area contributed by atoms with E-state index in [2.05, 4.69) is 0 Å². The van der Waals surface area contributed by atoms with Gasteiger partial charge in [-0.05, 0) is 5.56 Å². The number of hydrogen-bond acceptors (Lipinski definition) is 3. The number of nitriles is 1. The zero-order chi connectivity index (χ0) is 10.4. The highest BCUT2D eigenvalue weighted by atomic mass is 16.5. The lowest BCUT2D eigenvalue weighted by atomic mass is 10.1. The molecule has 14 heavy (non-hydrogen) atoms. The van der Waals surface area contributed by atoms with Crippen LogP contribution in [0.25, 0.3) is 0 Å². The standard InChI is InChI=1S/C11H11NO2/c1-9(13)14-11(8-12)7-10-5-3-2-4-6-10/h2-6,11H,7H2,1H3. The van der Waals surface area contributed by atoms with Gasteiger partial charge in [-0.2, -0.15) is 5.26 Å². The number of ether oxygens (including phenoxy) is 1. The van der Waals surface area contributed by atoms with Gasteiger partial charge in [0.15, 0.2) is 6.10 Å². The van der Waals surface area contributed by atoms with Crippen molar-refractivity contribution >= 4 is 5.97 Å². The lowest BCUT2D eigenvalue weighted by molar-refractivity contribution is -0.143. The normalized spacial score (nSPS) is 11.4. The Labute approximate surface area is 82.9 Å². The van der Waals surface area contributed by atoms with E-state index in [0.717, 1.165) is 5.56 Å². The van der Waals surface area contributed by atoms with Gasteiger partial charge >= 0.3 is 5.97 Å². The summed E-state index contributed by atoms with van der Waals surface area (Å²) in [5, 5.41) is 8.71.